The van der Waals surface area contributed by atoms with Gasteiger partial charge in [0, 0.05) is 50.9 Å². The summed E-state index contributed by atoms with van der Waals surface area (Å²) in [6, 6.07) is 26.3. The topological polar surface area (TPSA) is 146 Å². The van der Waals surface area contributed by atoms with Crippen LogP contribution in [0.1, 0.15) is 168 Å². The van der Waals surface area contributed by atoms with E-state index in [1.165, 1.54) is 74.6 Å². The van der Waals surface area contributed by atoms with Crippen molar-refractivity contribution in [2.24, 2.45) is 0 Å². The molecule has 10 heteroatoms. The van der Waals surface area contributed by atoms with Crippen molar-refractivity contribution in [3.8, 4) is 34.0 Å². The van der Waals surface area contributed by atoms with Crippen molar-refractivity contribution in [2.75, 3.05) is 0 Å². The lowest BCUT2D eigenvalue weighted by Gasteiger charge is -2.33. The minimum atomic E-state index is -0.349. The number of ketones is 4. The summed E-state index contributed by atoms with van der Waals surface area (Å²) >= 11 is 0. The van der Waals surface area contributed by atoms with E-state index in [2.05, 4.69) is 58.5 Å². The Morgan fingerprint density at radius 1 is 0.444 bits per heavy atom. The fourth-order valence-electron chi connectivity index (χ4n) is 9.71. The summed E-state index contributed by atoms with van der Waals surface area (Å²) in [5, 5.41) is 17.4. The van der Waals surface area contributed by atoms with Crippen molar-refractivity contribution in [1.82, 2.24) is 20.4 Å². The average Bonchev–Trinajstić information content (AvgIpc) is 4.13. The summed E-state index contributed by atoms with van der Waals surface area (Å²) in [7, 11) is 0. The Labute approximate surface area is 366 Å². The Kier molecular flexibility index (Phi) is 11.9. The van der Waals surface area contributed by atoms with E-state index in [1.54, 1.807) is 48.5 Å². The van der Waals surface area contributed by atoms with E-state index >= 15 is 0 Å². The first-order valence-corrected chi connectivity index (χ1v) is 22.6. The first-order chi connectivity index (χ1) is 30.8. The summed E-state index contributed by atoms with van der Waals surface area (Å²) in [5.41, 5.74) is 7.41. The highest BCUT2D eigenvalue weighted by Crippen LogP contribution is 2.56. The number of hydrogen-bond acceptors (Lipinski definition) is 10. The summed E-state index contributed by atoms with van der Waals surface area (Å²) in [4.78, 5) is 52.6. The molecule has 9 rings (SSSR count). The maximum absolute atomic E-state index is 13.1. The Balaban J connectivity index is 1.07. The van der Waals surface area contributed by atoms with E-state index in [4.69, 9.17) is 8.83 Å². The predicted octanol–water partition coefficient (Wildman–Crippen LogP) is 12.5. The lowest BCUT2D eigenvalue weighted by Crippen LogP contribution is -2.25. The van der Waals surface area contributed by atoms with Gasteiger partial charge in [0.2, 0.25) is 23.6 Å². The third-order valence-electron chi connectivity index (χ3n) is 13.0. The Morgan fingerprint density at radius 2 is 0.810 bits per heavy atom. The highest BCUT2D eigenvalue weighted by Gasteiger charge is 2.43. The number of carbonyl (C=O) groups is 4. The van der Waals surface area contributed by atoms with Gasteiger partial charge in [-0.3, -0.25) is 19.2 Å². The van der Waals surface area contributed by atoms with E-state index in [9.17, 15) is 19.2 Å². The first kappa shape index (κ1) is 41.7. The summed E-state index contributed by atoms with van der Waals surface area (Å²) in [6.07, 6.45) is 18.7. The van der Waals surface area contributed by atoms with Crippen molar-refractivity contribution in [3.63, 3.8) is 0 Å². The van der Waals surface area contributed by atoms with Crippen LogP contribution in [-0.4, -0.2) is 43.5 Å². The molecule has 4 aromatic carbocycles. The molecule has 0 amide bonds. The first-order valence-electron chi connectivity index (χ1n) is 22.6. The second-order valence-electron chi connectivity index (χ2n) is 17.1. The second-order valence-corrected chi connectivity index (χ2v) is 17.1. The zero-order valence-corrected chi connectivity index (χ0v) is 35.9. The number of carbonyl (C=O) groups excluding carboxylic acids is 4. The predicted molar refractivity (Wildman–Crippen MR) is 241 cm³/mol. The molecule has 0 saturated carbocycles. The van der Waals surface area contributed by atoms with Gasteiger partial charge < -0.3 is 8.83 Å². The van der Waals surface area contributed by atoms with E-state index in [0.717, 1.165) is 60.8 Å². The second kappa shape index (κ2) is 18.0. The number of Topliss-reactive ketones (excluding diaryl/α,β-unsaturated/α-hetero) is 4. The molecule has 0 atom stereocenters. The molecule has 0 radical (unpaired) electrons. The van der Waals surface area contributed by atoms with Crippen molar-refractivity contribution >= 4 is 35.3 Å². The molecule has 0 fully saturated rings. The zero-order chi connectivity index (χ0) is 43.5. The van der Waals surface area contributed by atoms with Gasteiger partial charge in [0.1, 0.15) is 0 Å². The third-order valence-corrected chi connectivity index (χ3v) is 13.0. The van der Waals surface area contributed by atoms with Crippen LogP contribution >= 0.6 is 0 Å². The number of nitrogens with zero attached hydrogens (tertiary/aromatic N) is 4. The normalized spacial score (nSPS) is 14.6. The molecule has 2 heterocycles. The molecule has 3 aliphatic carbocycles. The van der Waals surface area contributed by atoms with Gasteiger partial charge >= 0.3 is 0 Å². The lowest BCUT2D eigenvalue weighted by atomic mass is 9.70. The third kappa shape index (κ3) is 7.88. The molecule has 0 saturated heterocycles. The molecule has 0 bridgehead atoms. The van der Waals surface area contributed by atoms with Gasteiger partial charge in [-0.15, -0.1) is 20.4 Å². The van der Waals surface area contributed by atoms with Crippen molar-refractivity contribution in [1.29, 1.82) is 0 Å². The highest BCUT2D eigenvalue weighted by atomic mass is 16.4. The molecule has 2 aromatic heterocycles. The van der Waals surface area contributed by atoms with Crippen LogP contribution in [0.4, 0.5) is 0 Å². The van der Waals surface area contributed by atoms with Crippen LogP contribution in [0, 0.1) is 0 Å². The van der Waals surface area contributed by atoms with Crippen molar-refractivity contribution in [2.45, 2.75) is 109 Å². The zero-order valence-electron chi connectivity index (χ0n) is 35.9. The summed E-state index contributed by atoms with van der Waals surface area (Å²) < 4.78 is 12.4. The highest BCUT2D eigenvalue weighted by molar-refractivity contribution is 6.42. The van der Waals surface area contributed by atoms with Crippen LogP contribution < -0.4 is 0 Å². The standard InChI is InChI=1S/C53H50N4O6/c1-3-5-7-9-11-17-27-53(28-18-12-10-8-6-4-2)43-29-33(51-56-54-45(62-51)31-41-47(58)37-19-13-14-20-38(37)48(41)59)23-25-35(43)36-26-24-34(30-44(36)53)52-57-55-46(63-52)32-42-49(60)39-21-15-16-22-40(39)50(42)61/h13-16,19-26,29-32H,3-12,17-18,27-28H2,1-2H3. The number of fused-ring (bicyclic) bond motifs is 5. The van der Waals surface area contributed by atoms with Crippen LogP contribution in [0.25, 0.3) is 46.2 Å². The smallest absolute Gasteiger partial charge is 0.248 e. The van der Waals surface area contributed by atoms with E-state index in [-0.39, 0.29) is 51.5 Å². The Bertz CT molecular complexity index is 2560. The number of benzene rings is 4. The molecule has 318 valence electrons. The largest absolute Gasteiger partial charge is 0.417 e. The molecule has 63 heavy (non-hydrogen) atoms. The Morgan fingerprint density at radius 3 is 1.19 bits per heavy atom. The van der Waals surface area contributed by atoms with Gasteiger partial charge in [-0.1, -0.05) is 152 Å². The van der Waals surface area contributed by atoms with Crippen LogP contribution in [-0.2, 0) is 5.41 Å². The summed E-state index contributed by atoms with van der Waals surface area (Å²) in [5.74, 6) is -0.603. The van der Waals surface area contributed by atoms with Gasteiger partial charge in [-0.2, -0.15) is 0 Å². The van der Waals surface area contributed by atoms with Gasteiger partial charge in [0.25, 0.3) is 0 Å². The molecular weight excluding hydrogens is 789 g/mol. The number of aromatic nitrogens is 4. The molecule has 0 unspecified atom stereocenters. The van der Waals surface area contributed by atoms with Crippen LogP contribution in [0.5, 0.6) is 0 Å². The molecule has 0 spiro atoms. The van der Waals surface area contributed by atoms with Gasteiger partial charge in [0.15, 0.2) is 23.1 Å². The number of allylic oxidation sites excluding steroid dienone is 2. The number of unbranched alkanes of at least 4 members (excludes halogenated alkanes) is 10. The Hall–Kier alpha value is -6.68. The molecule has 0 aliphatic heterocycles. The maximum atomic E-state index is 13.1. The number of rotatable bonds is 18. The molecule has 0 N–H and O–H groups in total. The van der Waals surface area contributed by atoms with Gasteiger partial charge in [-0.05, 0) is 59.4 Å². The lowest BCUT2D eigenvalue weighted by molar-refractivity contribution is 0.0974. The fraction of sp³-hybridized carbons (Fsp3) is 0.321. The van der Waals surface area contributed by atoms with E-state index in [0.29, 0.717) is 34.0 Å². The molecular formula is C53H50N4O6. The minimum absolute atomic E-state index is 0.0135. The van der Waals surface area contributed by atoms with Crippen LogP contribution in [0.2, 0.25) is 0 Å². The molecule has 6 aromatic rings. The summed E-state index contributed by atoms with van der Waals surface area (Å²) in [6.45, 7) is 4.48. The molecule has 3 aliphatic rings. The average molecular weight is 839 g/mol. The van der Waals surface area contributed by atoms with Crippen LogP contribution in [0.3, 0.4) is 0 Å². The minimum Gasteiger partial charge on any atom is -0.417 e. The van der Waals surface area contributed by atoms with E-state index < -0.39 is 0 Å². The fourth-order valence-corrected chi connectivity index (χ4v) is 9.71. The molecule has 10 nitrogen and oxygen atoms in total. The number of hydrogen-bond donors (Lipinski definition) is 0. The van der Waals surface area contributed by atoms with Crippen molar-refractivity contribution in [3.05, 3.63) is 141 Å². The van der Waals surface area contributed by atoms with Gasteiger partial charge in [-0.25, -0.2) is 0 Å². The van der Waals surface area contributed by atoms with Crippen molar-refractivity contribution < 1.29 is 28.0 Å². The van der Waals surface area contributed by atoms with E-state index in [1.807, 2.05) is 12.1 Å². The quantitative estimate of drug-likeness (QED) is 0.0465. The van der Waals surface area contributed by atoms with Crippen LogP contribution in [0.15, 0.2) is 105 Å². The van der Waals surface area contributed by atoms with Gasteiger partial charge in [0.05, 0.1) is 11.1 Å². The maximum Gasteiger partial charge on any atom is 0.248 e. The SMILES string of the molecule is CCCCCCCCC1(CCCCCCCC)c2cc(-c3nnc(C=C4C(=O)c5ccccc5C4=O)o3)ccc2-c2ccc(-c3nnc(C=C4C(=O)c5ccccc5C4=O)o3)cc21. The monoisotopic (exact) mass is 838 g/mol.